The van der Waals surface area contributed by atoms with E-state index < -0.39 is 0 Å². The van der Waals surface area contributed by atoms with E-state index in [1.54, 1.807) is 0 Å². The molecule has 0 saturated heterocycles. The lowest BCUT2D eigenvalue weighted by Crippen LogP contribution is -2.49. The fourth-order valence-corrected chi connectivity index (χ4v) is 3.49. The van der Waals surface area contributed by atoms with Crippen molar-refractivity contribution in [1.82, 2.24) is 5.43 Å². The smallest absolute Gasteiger partial charge is 0.0885 e. The Hall–Kier alpha value is -0.900. The average Bonchev–Trinajstić information content (AvgIpc) is 2.39. The minimum atomic E-state index is -0.159. The second-order valence-corrected chi connectivity index (χ2v) is 5.85. The van der Waals surface area contributed by atoms with E-state index in [2.05, 4.69) is 37.5 Å². The highest BCUT2D eigenvalue weighted by molar-refractivity contribution is 5.32. The highest BCUT2D eigenvalue weighted by Crippen LogP contribution is 2.41. The van der Waals surface area contributed by atoms with Crippen LogP contribution < -0.4 is 11.3 Å². The van der Waals surface area contributed by atoms with E-state index in [1.165, 1.54) is 36.0 Å². The Labute approximate surface area is 116 Å². The number of nitrogens with one attached hydrogen (secondary N) is 1. The molecule has 0 spiro atoms. The molecule has 0 amide bonds. The predicted octanol–water partition coefficient (Wildman–Crippen LogP) is 3.16. The maximum Gasteiger partial charge on any atom is 0.0885 e. The van der Waals surface area contributed by atoms with E-state index in [4.69, 9.17) is 10.6 Å². The number of benzene rings is 1. The number of hydrogen-bond acceptors (Lipinski definition) is 3. The topological polar surface area (TPSA) is 47.3 Å². The van der Waals surface area contributed by atoms with Crippen LogP contribution in [-0.4, -0.2) is 12.7 Å². The number of methoxy groups -OCH3 is 1. The van der Waals surface area contributed by atoms with Crippen molar-refractivity contribution in [1.29, 1.82) is 0 Å². The van der Waals surface area contributed by atoms with Gasteiger partial charge in [-0.25, -0.2) is 0 Å². The second-order valence-electron chi connectivity index (χ2n) is 5.85. The summed E-state index contributed by atoms with van der Waals surface area (Å²) in [6.07, 6.45) is 5.89. The minimum Gasteiger partial charge on any atom is -0.376 e. The van der Waals surface area contributed by atoms with Crippen LogP contribution >= 0.6 is 0 Å². The summed E-state index contributed by atoms with van der Waals surface area (Å²) in [6.45, 7) is 4.26. The monoisotopic (exact) mass is 262 g/mol. The first-order valence-electron chi connectivity index (χ1n) is 7.21. The van der Waals surface area contributed by atoms with Crippen LogP contribution in [0, 0.1) is 13.8 Å². The van der Waals surface area contributed by atoms with Gasteiger partial charge in [-0.05, 0) is 32.3 Å². The van der Waals surface area contributed by atoms with Crippen molar-refractivity contribution in [2.24, 2.45) is 5.84 Å². The molecule has 1 aromatic rings. The van der Waals surface area contributed by atoms with Crippen LogP contribution in [0.2, 0.25) is 0 Å². The zero-order valence-electron chi connectivity index (χ0n) is 12.3. The van der Waals surface area contributed by atoms with Crippen molar-refractivity contribution in [2.75, 3.05) is 7.11 Å². The van der Waals surface area contributed by atoms with Crippen LogP contribution in [-0.2, 0) is 4.74 Å². The number of rotatable bonds is 4. The molecule has 0 radical (unpaired) electrons. The molecule has 3 heteroatoms. The predicted molar refractivity (Wildman–Crippen MR) is 78.8 cm³/mol. The Bertz CT molecular complexity index is 405. The van der Waals surface area contributed by atoms with Gasteiger partial charge < -0.3 is 4.74 Å². The largest absolute Gasteiger partial charge is 0.376 e. The molecule has 0 aliphatic heterocycles. The molecule has 0 bridgehead atoms. The van der Waals surface area contributed by atoms with E-state index >= 15 is 0 Å². The number of hydrogen-bond donors (Lipinski definition) is 2. The number of ether oxygens (including phenoxy) is 1. The van der Waals surface area contributed by atoms with Crippen molar-refractivity contribution >= 4 is 0 Å². The van der Waals surface area contributed by atoms with Gasteiger partial charge in [-0.1, -0.05) is 48.6 Å². The summed E-state index contributed by atoms with van der Waals surface area (Å²) >= 11 is 0. The van der Waals surface area contributed by atoms with Crippen LogP contribution in [0.1, 0.15) is 54.8 Å². The molecular formula is C16H26N2O. The molecule has 2 rings (SSSR count). The van der Waals surface area contributed by atoms with E-state index in [9.17, 15) is 0 Å². The van der Waals surface area contributed by atoms with E-state index in [1.807, 2.05) is 7.11 Å². The zero-order valence-corrected chi connectivity index (χ0v) is 12.3. The summed E-state index contributed by atoms with van der Waals surface area (Å²) in [4.78, 5) is 0. The van der Waals surface area contributed by atoms with Crippen LogP contribution in [0.15, 0.2) is 18.2 Å². The first kappa shape index (κ1) is 14.5. The minimum absolute atomic E-state index is 0.0661. The van der Waals surface area contributed by atoms with Crippen LogP contribution in [0.3, 0.4) is 0 Å². The third kappa shape index (κ3) is 2.99. The molecule has 1 fully saturated rings. The summed E-state index contributed by atoms with van der Waals surface area (Å²) in [6, 6.07) is 6.69. The Balaban J connectivity index is 2.36. The van der Waals surface area contributed by atoms with Crippen molar-refractivity contribution in [2.45, 2.75) is 57.6 Å². The lowest BCUT2D eigenvalue weighted by molar-refractivity contribution is -0.0688. The van der Waals surface area contributed by atoms with Crippen molar-refractivity contribution in [3.8, 4) is 0 Å². The van der Waals surface area contributed by atoms with Gasteiger partial charge in [0.15, 0.2) is 0 Å². The molecule has 0 aromatic heterocycles. The summed E-state index contributed by atoms with van der Waals surface area (Å²) in [5, 5.41) is 0. The number of nitrogens with two attached hydrogens (primary N) is 1. The molecule has 1 saturated carbocycles. The molecule has 1 aliphatic rings. The van der Waals surface area contributed by atoms with Crippen LogP contribution in [0.5, 0.6) is 0 Å². The second kappa shape index (κ2) is 6.04. The highest BCUT2D eigenvalue weighted by atomic mass is 16.5. The summed E-state index contributed by atoms with van der Waals surface area (Å²) in [5.41, 5.74) is 6.64. The quantitative estimate of drug-likeness (QED) is 0.647. The Kier molecular flexibility index (Phi) is 4.61. The van der Waals surface area contributed by atoms with Gasteiger partial charge >= 0.3 is 0 Å². The van der Waals surface area contributed by atoms with Gasteiger partial charge in [0.05, 0.1) is 11.6 Å². The molecule has 1 atom stereocenters. The van der Waals surface area contributed by atoms with E-state index in [0.717, 1.165) is 12.8 Å². The van der Waals surface area contributed by atoms with Gasteiger partial charge in [0.2, 0.25) is 0 Å². The van der Waals surface area contributed by atoms with E-state index in [0.29, 0.717) is 0 Å². The summed E-state index contributed by atoms with van der Waals surface area (Å²) in [5.74, 6) is 5.87. The van der Waals surface area contributed by atoms with Gasteiger partial charge in [0.25, 0.3) is 0 Å². The Morgan fingerprint density at radius 2 is 1.68 bits per heavy atom. The molecule has 106 valence electrons. The van der Waals surface area contributed by atoms with Crippen molar-refractivity contribution < 1.29 is 4.74 Å². The number of hydrazine groups is 1. The standard InChI is InChI=1S/C16H26N2O/c1-12-9-13(2)11-14(10-12)15(18-17)16(19-3)7-5-4-6-8-16/h9-11,15,18H,4-8,17H2,1-3H3. The fraction of sp³-hybridized carbons (Fsp3) is 0.625. The molecule has 1 aliphatic carbocycles. The summed E-state index contributed by atoms with van der Waals surface area (Å²) < 4.78 is 5.92. The summed E-state index contributed by atoms with van der Waals surface area (Å²) in [7, 11) is 1.82. The molecule has 1 aromatic carbocycles. The molecular weight excluding hydrogens is 236 g/mol. The zero-order chi connectivity index (χ0) is 13.9. The normalized spacial score (nSPS) is 20.2. The van der Waals surface area contributed by atoms with Crippen LogP contribution in [0.25, 0.3) is 0 Å². The third-order valence-corrected chi connectivity index (χ3v) is 4.38. The van der Waals surface area contributed by atoms with Gasteiger partial charge in [-0.3, -0.25) is 11.3 Å². The Morgan fingerprint density at radius 1 is 1.11 bits per heavy atom. The first-order chi connectivity index (χ1) is 9.11. The fourth-order valence-electron chi connectivity index (χ4n) is 3.49. The lowest BCUT2D eigenvalue weighted by atomic mass is 9.76. The van der Waals surface area contributed by atoms with Crippen LogP contribution in [0.4, 0.5) is 0 Å². The first-order valence-corrected chi connectivity index (χ1v) is 7.21. The highest BCUT2D eigenvalue weighted by Gasteiger charge is 2.40. The lowest BCUT2D eigenvalue weighted by Gasteiger charge is -2.42. The van der Waals surface area contributed by atoms with Gasteiger partial charge in [-0.15, -0.1) is 0 Å². The third-order valence-electron chi connectivity index (χ3n) is 4.38. The Morgan fingerprint density at radius 3 is 2.16 bits per heavy atom. The van der Waals surface area contributed by atoms with E-state index in [-0.39, 0.29) is 11.6 Å². The maximum absolute atomic E-state index is 5.92. The van der Waals surface area contributed by atoms with Crippen molar-refractivity contribution in [3.05, 3.63) is 34.9 Å². The van der Waals surface area contributed by atoms with Crippen molar-refractivity contribution in [3.63, 3.8) is 0 Å². The SMILES string of the molecule is COC1(C(NN)c2cc(C)cc(C)c2)CCCCC1. The maximum atomic E-state index is 5.92. The van der Waals surface area contributed by atoms with Gasteiger partial charge in [0, 0.05) is 7.11 Å². The molecule has 3 N–H and O–H groups in total. The average molecular weight is 262 g/mol. The molecule has 1 unspecified atom stereocenters. The molecule has 0 heterocycles. The molecule has 3 nitrogen and oxygen atoms in total. The number of aryl methyl sites for hydroxylation is 2. The molecule has 19 heavy (non-hydrogen) atoms. The van der Waals surface area contributed by atoms with Gasteiger partial charge in [0.1, 0.15) is 0 Å². The van der Waals surface area contributed by atoms with Gasteiger partial charge in [-0.2, -0.15) is 0 Å².